The molecule has 2 aromatic rings. The van der Waals surface area contributed by atoms with Crippen molar-refractivity contribution in [1.82, 2.24) is 24.7 Å². The second-order valence-corrected chi connectivity index (χ2v) is 4.85. The molecule has 0 fully saturated rings. The molecule has 1 atom stereocenters. The van der Waals surface area contributed by atoms with Gasteiger partial charge in [0.15, 0.2) is 0 Å². The molecule has 0 saturated heterocycles. The third-order valence-electron chi connectivity index (χ3n) is 3.17. The van der Waals surface area contributed by atoms with Gasteiger partial charge in [0, 0.05) is 33.0 Å². The zero-order chi connectivity index (χ0) is 14.5. The molecule has 2 rings (SSSR count). The average Bonchev–Trinajstić information content (AvgIpc) is 3.00. The molecule has 7 nitrogen and oxygen atoms in total. The number of anilines is 2. The van der Waals surface area contributed by atoms with Gasteiger partial charge < -0.3 is 10.2 Å². The van der Waals surface area contributed by atoms with Crippen LogP contribution in [0.15, 0.2) is 18.5 Å². The zero-order valence-corrected chi connectivity index (χ0v) is 12.4. The Bertz CT molecular complexity index is 538. The maximum atomic E-state index is 4.48. The van der Waals surface area contributed by atoms with Crippen molar-refractivity contribution in [3.63, 3.8) is 0 Å². The van der Waals surface area contributed by atoms with E-state index in [2.05, 4.69) is 39.2 Å². The van der Waals surface area contributed by atoms with Crippen LogP contribution in [0.3, 0.4) is 0 Å². The van der Waals surface area contributed by atoms with Gasteiger partial charge in [-0.25, -0.2) is 4.68 Å². The van der Waals surface area contributed by atoms with Crippen LogP contribution in [0.5, 0.6) is 0 Å². The molecule has 20 heavy (non-hydrogen) atoms. The number of rotatable bonds is 6. The fourth-order valence-corrected chi connectivity index (χ4v) is 1.80. The molecule has 1 unspecified atom stereocenters. The molecule has 0 bridgehead atoms. The van der Waals surface area contributed by atoms with Crippen molar-refractivity contribution in [2.75, 3.05) is 30.9 Å². The molecule has 0 aliphatic heterocycles. The summed E-state index contributed by atoms with van der Waals surface area (Å²) in [6.45, 7) is 5.30. The Balaban J connectivity index is 2.31. The zero-order valence-electron chi connectivity index (χ0n) is 12.4. The Labute approximate surface area is 119 Å². The second-order valence-electron chi connectivity index (χ2n) is 4.85. The molecular formula is C13H21N7. The molecule has 2 aromatic heterocycles. The van der Waals surface area contributed by atoms with Crippen molar-refractivity contribution in [2.45, 2.75) is 20.3 Å². The van der Waals surface area contributed by atoms with Gasteiger partial charge >= 0.3 is 0 Å². The van der Waals surface area contributed by atoms with Gasteiger partial charge in [-0.05, 0) is 12.0 Å². The van der Waals surface area contributed by atoms with Gasteiger partial charge in [-0.15, -0.1) is 0 Å². The standard InChI is InChI=1S/C13H21N7/c1-5-10(2)9-19(4)12-16-11(14-3)17-13(18-12)20-8-6-7-15-20/h6-8,10H,5,9H2,1-4H3,(H,14,16,17,18). The van der Waals surface area contributed by atoms with E-state index in [1.54, 1.807) is 17.9 Å². The minimum Gasteiger partial charge on any atom is -0.357 e. The highest BCUT2D eigenvalue weighted by Crippen LogP contribution is 2.13. The molecule has 2 heterocycles. The van der Waals surface area contributed by atoms with E-state index >= 15 is 0 Å². The Morgan fingerprint density at radius 3 is 2.75 bits per heavy atom. The summed E-state index contributed by atoms with van der Waals surface area (Å²) in [5.41, 5.74) is 0. The molecule has 108 valence electrons. The Morgan fingerprint density at radius 1 is 1.35 bits per heavy atom. The summed E-state index contributed by atoms with van der Waals surface area (Å²) in [7, 11) is 3.79. The summed E-state index contributed by atoms with van der Waals surface area (Å²) in [6.07, 6.45) is 4.64. The minimum absolute atomic E-state index is 0.514. The summed E-state index contributed by atoms with van der Waals surface area (Å²) in [5.74, 6) is 2.29. The van der Waals surface area contributed by atoms with Gasteiger partial charge in [-0.3, -0.25) is 0 Å². The van der Waals surface area contributed by atoms with Crippen molar-refractivity contribution >= 4 is 11.9 Å². The SMILES string of the molecule is CCC(C)CN(C)c1nc(NC)nc(-n2cccn2)n1. The number of nitrogens with zero attached hydrogens (tertiary/aromatic N) is 6. The molecule has 0 radical (unpaired) electrons. The highest BCUT2D eigenvalue weighted by molar-refractivity contribution is 5.39. The summed E-state index contributed by atoms with van der Waals surface area (Å²) < 4.78 is 1.63. The van der Waals surface area contributed by atoms with Gasteiger partial charge in [-0.1, -0.05) is 20.3 Å². The van der Waals surface area contributed by atoms with Crippen LogP contribution in [0.1, 0.15) is 20.3 Å². The molecule has 0 spiro atoms. The predicted molar refractivity (Wildman–Crippen MR) is 79.2 cm³/mol. The van der Waals surface area contributed by atoms with Crippen molar-refractivity contribution in [3.05, 3.63) is 18.5 Å². The quantitative estimate of drug-likeness (QED) is 0.863. The van der Waals surface area contributed by atoms with Gasteiger partial charge in [0.1, 0.15) is 0 Å². The smallest absolute Gasteiger partial charge is 0.257 e. The van der Waals surface area contributed by atoms with Gasteiger partial charge in [0.2, 0.25) is 11.9 Å². The van der Waals surface area contributed by atoms with Crippen LogP contribution in [0.2, 0.25) is 0 Å². The topological polar surface area (TPSA) is 71.8 Å². The van der Waals surface area contributed by atoms with E-state index in [0.29, 0.717) is 23.8 Å². The lowest BCUT2D eigenvalue weighted by atomic mass is 10.1. The summed E-state index contributed by atoms with van der Waals surface area (Å²) in [5, 5.41) is 7.12. The summed E-state index contributed by atoms with van der Waals surface area (Å²) >= 11 is 0. The van der Waals surface area contributed by atoms with E-state index in [4.69, 9.17) is 0 Å². The Morgan fingerprint density at radius 2 is 2.15 bits per heavy atom. The second kappa shape index (κ2) is 6.31. The monoisotopic (exact) mass is 275 g/mol. The molecular weight excluding hydrogens is 254 g/mol. The molecule has 0 aliphatic carbocycles. The lowest BCUT2D eigenvalue weighted by Crippen LogP contribution is -2.26. The maximum Gasteiger partial charge on any atom is 0.257 e. The number of hydrogen-bond acceptors (Lipinski definition) is 6. The van der Waals surface area contributed by atoms with E-state index in [1.165, 1.54) is 0 Å². The molecule has 7 heteroatoms. The lowest BCUT2D eigenvalue weighted by molar-refractivity contribution is 0.554. The van der Waals surface area contributed by atoms with Gasteiger partial charge in [0.25, 0.3) is 5.95 Å². The molecule has 0 saturated carbocycles. The first-order valence-electron chi connectivity index (χ1n) is 6.79. The van der Waals surface area contributed by atoms with Gasteiger partial charge in [-0.2, -0.15) is 20.1 Å². The van der Waals surface area contributed by atoms with Crippen LogP contribution < -0.4 is 10.2 Å². The van der Waals surface area contributed by atoms with E-state index in [0.717, 1.165) is 13.0 Å². The predicted octanol–water partition coefficient (Wildman–Crippen LogP) is 1.58. The van der Waals surface area contributed by atoms with Crippen LogP contribution in [-0.4, -0.2) is 45.4 Å². The van der Waals surface area contributed by atoms with E-state index in [9.17, 15) is 0 Å². The maximum absolute atomic E-state index is 4.48. The Kier molecular flexibility index (Phi) is 4.49. The minimum atomic E-state index is 0.514. The normalized spacial score (nSPS) is 12.2. The van der Waals surface area contributed by atoms with Crippen molar-refractivity contribution in [3.8, 4) is 5.95 Å². The van der Waals surface area contributed by atoms with Crippen LogP contribution in [0, 0.1) is 5.92 Å². The van der Waals surface area contributed by atoms with Crippen LogP contribution in [0.25, 0.3) is 5.95 Å². The van der Waals surface area contributed by atoms with E-state index < -0.39 is 0 Å². The molecule has 0 amide bonds. The number of hydrogen-bond donors (Lipinski definition) is 1. The van der Waals surface area contributed by atoms with Gasteiger partial charge in [0.05, 0.1) is 0 Å². The van der Waals surface area contributed by atoms with Crippen LogP contribution in [0.4, 0.5) is 11.9 Å². The fraction of sp³-hybridized carbons (Fsp3) is 0.538. The van der Waals surface area contributed by atoms with Crippen molar-refractivity contribution in [1.29, 1.82) is 0 Å². The first-order valence-corrected chi connectivity index (χ1v) is 6.79. The van der Waals surface area contributed by atoms with E-state index in [-0.39, 0.29) is 0 Å². The summed E-state index contributed by atoms with van der Waals surface area (Å²) in [6, 6.07) is 1.84. The number of aromatic nitrogens is 5. The highest BCUT2D eigenvalue weighted by Gasteiger charge is 2.13. The van der Waals surface area contributed by atoms with Crippen LogP contribution >= 0.6 is 0 Å². The highest BCUT2D eigenvalue weighted by atomic mass is 15.4. The lowest BCUT2D eigenvalue weighted by Gasteiger charge is -2.21. The third-order valence-corrected chi connectivity index (χ3v) is 3.17. The van der Waals surface area contributed by atoms with Crippen LogP contribution in [-0.2, 0) is 0 Å². The summed E-state index contributed by atoms with van der Waals surface area (Å²) in [4.78, 5) is 15.2. The van der Waals surface area contributed by atoms with E-state index in [1.807, 2.05) is 24.2 Å². The average molecular weight is 275 g/mol. The molecule has 1 N–H and O–H groups in total. The molecule has 0 aliphatic rings. The van der Waals surface area contributed by atoms with Crippen molar-refractivity contribution in [2.24, 2.45) is 5.92 Å². The van der Waals surface area contributed by atoms with Crippen molar-refractivity contribution < 1.29 is 0 Å². The first kappa shape index (κ1) is 14.2. The first-order chi connectivity index (χ1) is 9.63. The molecule has 0 aromatic carbocycles. The fourth-order valence-electron chi connectivity index (χ4n) is 1.80. The largest absolute Gasteiger partial charge is 0.357 e. The third kappa shape index (κ3) is 3.23. The Hall–Kier alpha value is -2.18. The number of nitrogens with one attached hydrogen (secondary N) is 1.